The van der Waals surface area contributed by atoms with E-state index in [1.807, 2.05) is 0 Å². The molecule has 0 amide bonds. The van der Waals surface area contributed by atoms with E-state index in [9.17, 15) is 0 Å². The van der Waals surface area contributed by atoms with E-state index >= 15 is 0 Å². The van der Waals surface area contributed by atoms with Crippen LogP contribution in [-0.4, -0.2) is 31.6 Å². The monoisotopic (exact) mass is 276 g/mol. The van der Waals surface area contributed by atoms with Crippen molar-refractivity contribution in [3.63, 3.8) is 0 Å². The van der Waals surface area contributed by atoms with E-state index in [0.717, 1.165) is 19.0 Å². The molecular weight excluding hydrogens is 244 g/mol. The van der Waals surface area contributed by atoms with Gasteiger partial charge >= 0.3 is 0 Å². The van der Waals surface area contributed by atoms with Crippen LogP contribution in [0.1, 0.15) is 51.6 Å². The molecule has 0 spiro atoms. The summed E-state index contributed by atoms with van der Waals surface area (Å²) in [4.78, 5) is 2.46. The van der Waals surface area contributed by atoms with Gasteiger partial charge < -0.3 is 10.2 Å². The van der Waals surface area contributed by atoms with Gasteiger partial charge in [-0.2, -0.15) is 0 Å². The van der Waals surface area contributed by atoms with Crippen LogP contribution in [0.2, 0.25) is 0 Å². The van der Waals surface area contributed by atoms with E-state index in [-0.39, 0.29) is 0 Å². The molecule has 0 fully saturated rings. The topological polar surface area (TPSA) is 15.3 Å². The smallest absolute Gasteiger partial charge is 0.0332 e. The van der Waals surface area contributed by atoms with E-state index in [0.29, 0.717) is 6.04 Å². The lowest BCUT2D eigenvalue weighted by atomic mass is 10.0. The highest BCUT2D eigenvalue weighted by molar-refractivity contribution is 5.18. The molecule has 114 valence electrons. The predicted molar refractivity (Wildman–Crippen MR) is 89.0 cm³/mol. The van der Waals surface area contributed by atoms with E-state index in [4.69, 9.17) is 0 Å². The minimum absolute atomic E-state index is 0.484. The fraction of sp³-hybridized carbons (Fsp3) is 0.667. The van der Waals surface area contributed by atoms with Crippen molar-refractivity contribution in [2.75, 3.05) is 26.7 Å². The van der Waals surface area contributed by atoms with Crippen molar-refractivity contribution in [1.29, 1.82) is 0 Å². The van der Waals surface area contributed by atoms with Gasteiger partial charge in [0, 0.05) is 6.04 Å². The highest BCUT2D eigenvalue weighted by Gasteiger charge is 2.11. The van der Waals surface area contributed by atoms with Gasteiger partial charge in [0.1, 0.15) is 0 Å². The van der Waals surface area contributed by atoms with Crippen molar-refractivity contribution in [2.24, 2.45) is 5.92 Å². The van der Waals surface area contributed by atoms with Crippen molar-refractivity contribution in [3.05, 3.63) is 35.9 Å². The van der Waals surface area contributed by atoms with Gasteiger partial charge in [-0.3, -0.25) is 0 Å². The van der Waals surface area contributed by atoms with Crippen molar-refractivity contribution in [2.45, 2.75) is 46.1 Å². The van der Waals surface area contributed by atoms with Crippen LogP contribution in [0, 0.1) is 5.92 Å². The second kappa shape index (κ2) is 9.95. The first-order valence-electron chi connectivity index (χ1n) is 8.10. The van der Waals surface area contributed by atoms with Crippen LogP contribution in [-0.2, 0) is 0 Å². The molecule has 0 heterocycles. The highest BCUT2D eigenvalue weighted by Crippen LogP contribution is 2.17. The summed E-state index contributed by atoms with van der Waals surface area (Å²) in [5, 5.41) is 3.68. The fourth-order valence-corrected chi connectivity index (χ4v) is 2.33. The van der Waals surface area contributed by atoms with Gasteiger partial charge in [-0.15, -0.1) is 0 Å². The standard InChI is InChI=1S/C18H32N2/c1-5-13-19-18(17-9-7-6-8-10-17)12-15-20(4)14-11-16(2)3/h6-10,16,18-19H,5,11-15H2,1-4H3. The third kappa shape index (κ3) is 7.06. The van der Waals surface area contributed by atoms with E-state index in [2.05, 4.69) is 68.4 Å². The molecule has 1 unspecified atom stereocenters. The maximum Gasteiger partial charge on any atom is 0.0332 e. The number of benzene rings is 1. The molecule has 1 atom stereocenters. The Balaban J connectivity index is 2.45. The molecule has 0 saturated heterocycles. The quantitative estimate of drug-likeness (QED) is 0.692. The third-order valence-electron chi connectivity index (χ3n) is 3.73. The van der Waals surface area contributed by atoms with Gasteiger partial charge in [0.05, 0.1) is 0 Å². The number of nitrogens with zero attached hydrogens (tertiary/aromatic N) is 1. The largest absolute Gasteiger partial charge is 0.310 e. The first-order chi connectivity index (χ1) is 9.63. The fourth-order valence-electron chi connectivity index (χ4n) is 2.33. The Morgan fingerprint density at radius 2 is 1.70 bits per heavy atom. The minimum atomic E-state index is 0.484. The summed E-state index contributed by atoms with van der Waals surface area (Å²) in [6.07, 6.45) is 3.65. The highest BCUT2D eigenvalue weighted by atomic mass is 15.1. The molecule has 1 aromatic rings. The lowest BCUT2D eigenvalue weighted by Gasteiger charge is -2.23. The lowest BCUT2D eigenvalue weighted by molar-refractivity contribution is 0.289. The molecule has 1 N–H and O–H groups in total. The number of hydrogen-bond acceptors (Lipinski definition) is 2. The summed E-state index contributed by atoms with van der Waals surface area (Å²) < 4.78 is 0. The van der Waals surface area contributed by atoms with Crippen LogP contribution < -0.4 is 5.32 Å². The Hall–Kier alpha value is -0.860. The molecule has 0 radical (unpaired) electrons. The molecule has 0 bridgehead atoms. The van der Waals surface area contributed by atoms with Gasteiger partial charge in [0.2, 0.25) is 0 Å². The summed E-state index contributed by atoms with van der Waals surface area (Å²) in [6.45, 7) is 10.3. The Kier molecular flexibility index (Phi) is 8.56. The molecule has 1 rings (SSSR count). The van der Waals surface area contributed by atoms with Crippen LogP contribution in [0.4, 0.5) is 0 Å². The lowest BCUT2D eigenvalue weighted by Crippen LogP contribution is -2.28. The predicted octanol–water partition coefficient (Wildman–Crippen LogP) is 4.10. The van der Waals surface area contributed by atoms with Crippen LogP contribution in [0.3, 0.4) is 0 Å². The number of rotatable bonds is 10. The number of nitrogens with one attached hydrogen (secondary N) is 1. The summed E-state index contributed by atoms with van der Waals surface area (Å²) in [6, 6.07) is 11.3. The van der Waals surface area contributed by atoms with Crippen molar-refractivity contribution < 1.29 is 0 Å². The van der Waals surface area contributed by atoms with E-state index in [1.54, 1.807) is 0 Å². The molecule has 0 aromatic heterocycles. The van der Waals surface area contributed by atoms with Gasteiger partial charge in [-0.1, -0.05) is 51.1 Å². The molecular formula is C18H32N2. The van der Waals surface area contributed by atoms with Gasteiger partial charge in [0.25, 0.3) is 0 Å². The van der Waals surface area contributed by atoms with Crippen molar-refractivity contribution in [1.82, 2.24) is 10.2 Å². The number of hydrogen-bond donors (Lipinski definition) is 1. The van der Waals surface area contributed by atoms with Crippen LogP contribution >= 0.6 is 0 Å². The Labute approximate surface area is 125 Å². The maximum atomic E-state index is 3.68. The molecule has 0 saturated carbocycles. The van der Waals surface area contributed by atoms with Crippen LogP contribution in [0.25, 0.3) is 0 Å². The van der Waals surface area contributed by atoms with Gasteiger partial charge in [0.15, 0.2) is 0 Å². The second-order valence-electron chi connectivity index (χ2n) is 6.19. The normalized spacial score (nSPS) is 13.1. The zero-order valence-electron chi connectivity index (χ0n) is 13.7. The minimum Gasteiger partial charge on any atom is -0.310 e. The molecule has 0 aliphatic carbocycles. The second-order valence-corrected chi connectivity index (χ2v) is 6.19. The molecule has 2 nitrogen and oxygen atoms in total. The summed E-state index contributed by atoms with van der Waals surface area (Å²) in [5.41, 5.74) is 1.42. The maximum absolute atomic E-state index is 3.68. The summed E-state index contributed by atoms with van der Waals surface area (Å²) in [5.74, 6) is 0.792. The first kappa shape index (κ1) is 17.2. The average Bonchev–Trinajstić information content (AvgIpc) is 2.46. The van der Waals surface area contributed by atoms with Crippen LogP contribution in [0.15, 0.2) is 30.3 Å². The molecule has 2 heteroatoms. The van der Waals surface area contributed by atoms with Gasteiger partial charge in [-0.05, 0) is 57.4 Å². The Morgan fingerprint density at radius 1 is 1.05 bits per heavy atom. The molecule has 0 aliphatic rings. The molecule has 20 heavy (non-hydrogen) atoms. The van der Waals surface area contributed by atoms with Gasteiger partial charge in [-0.25, -0.2) is 0 Å². The Morgan fingerprint density at radius 3 is 2.30 bits per heavy atom. The third-order valence-corrected chi connectivity index (χ3v) is 3.73. The first-order valence-corrected chi connectivity index (χ1v) is 8.10. The van der Waals surface area contributed by atoms with Crippen molar-refractivity contribution >= 4 is 0 Å². The summed E-state index contributed by atoms with van der Waals surface area (Å²) in [7, 11) is 2.24. The van der Waals surface area contributed by atoms with E-state index < -0.39 is 0 Å². The summed E-state index contributed by atoms with van der Waals surface area (Å²) >= 11 is 0. The molecule has 1 aromatic carbocycles. The average molecular weight is 276 g/mol. The SMILES string of the molecule is CCCNC(CCN(C)CCC(C)C)c1ccccc1. The van der Waals surface area contributed by atoms with Crippen molar-refractivity contribution in [3.8, 4) is 0 Å². The zero-order chi connectivity index (χ0) is 14.8. The van der Waals surface area contributed by atoms with Crippen LogP contribution in [0.5, 0.6) is 0 Å². The molecule has 0 aliphatic heterocycles. The Bertz CT molecular complexity index is 335. The zero-order valence-corrected chi connectivity index (χ0v) is 13.7. The van der Waals surface area contributed by atoms with E-state index in [1.165, 1.54) is 31.4 Å².